The first-order chi connectivity index (χ1) is 18.6. The molecule has 0 spiro atoms. The highest BCUT2D eigenvalue weighted by Gasteiger charge is 2.25. The zero-order valence-electron chi connectivity index (χ0n) is 22.5. The molecule has 3 aromatic rings. The number of benzene rings is 1. The van der Waals surface area contributed by atoms with Gasteiger partial charge in [-0.25, -0.2) is 4.98 Å². The van der Waals surface area contributed by atoms with Crippen LogP contribution in [-0.2, 0) is 0 Å². The van der Waals surface area contributed by atoms with Crippen molar-refractivity contribution in [1.29, 1.82) is 0 Å². The number of aromatic nitrogens is 3. The summed E-state index contributed by atoms with van der Waals surface area (Å²) in [6.07, 6.45) is 21.0. The number of nitro groups is 1. The Morgan fingerprint density at radius 3 is 2.13 bits per heavy atom. The monoisotopic (exact) mass is 585 g/mol. The molecular weight excluding hydrogens is 546 g/mol. The first kappa shape index (κ1) is 29.7. The summed E-state index contributed by atoms with van der Waals surface area (Å²) in [5, 5.41) is 15.9. The van der Waals surface area contributed by atoms with Gasteiger partial charge in [0.25, 0.3) is 0 Å². The van der Waals surface area contributed by atoms with Crippen LogP contribution < -0.4 is 10.1 Å². The maximum absolute atomic E-state index is 11.9. The second-order valence-corrected chi connectivity index (χ2v) is 10.6. The molecule has 1 aromatic carbocycles. The molecule has 0 aliphatic heterocycles. The van der Waals surface area contributed by atoms with Crippen LogP contribution in [0.2, 0.25) is 0 Å². The second kappa shape index (κ2) is 16.9. The number of nitrogens with one attached hydrogen (secondary N) is 1. The van der Waals surface area contributed by atoms with E-state index in [0.717, 1.165) is 22.7 Å². The topological polar surface area (TPSA) is 103 Å². The van der Waals surface area contributed by atoms with Crippen molar-refractivity contribution in [2.45, 2.75) is 96.8 Å². The number of ether oxygens (including phenoxy) is 1. The quantitative estimate of drug-likeness (QED) is 0.0848. The molecule has 38 heavy (non-hydrogen) atoms. The zero-order valence-corrected chi connectivity index (χ0v) is 24.0. The Hall–Kier alpha value is -2.81. The summed E-state index contributed by atoms with van der Waals surface area (Å²) in [5.74, 6) is 0.454. The van der Waals surface area contributed by atoms with E-state index < -0.39 is 4.92 Å². The van der Waals surface area contributed by atoms with Gasteiger partial charge in [-0.3, -0.25) is 15.1 Å². The maximum Gasteiger partial charge on any atom is 0.373 e. The largest absolute Gasteiger partial charge is 0.431 e. The Morgan fingerprint density at radius 1 is 0.868 bits per heavy atom. The normalized spacial score (nSPS) is 11.1. The predicted octanol–water partition coefficient (Wildman–Crippen LogP) is 9.38. The number of unbranched alkanes of at least 4 members (excludes halogenated alkanes) is 13. The lowest BCUT2D eigenvalue weighted by molar-refractivity contribution is -0.385. The van der Waals surface area contributed by atoms with Crippen molar-refractivity contribution < 1.29 is 9.66 Å². The molecule has 0 fully saturated rings. The molecule has 0 atom stereocenters. The van der Waals surface area contributed by atoms with Gasteiger partial charge in [-0.15, -0.1) is 0 Å². The van der Waals surface area contributed by atoms with E-state index in [4.69, 9.17) is 4.74 Å². The number of hydrogen-bond acceptors (Lipinski definition) is 7. The lowest BCUT2D eigenvalue weighted by Gasteiger charge is -2.11. The average molecular weight is 587 g/mol. The summed E-state index contributed by atoms with van der Waals surface area (Å²) in [5.41, 5.74) is 0.316. The van der Waals surface area contributed by atoms with E-state index >= 15 is 0 Å². The Kier molecular flexibility index (Phi) is 13.2. The predicted molar refractivity (Wildman–Crippen MR) is 157 cm³/mol. The van der Waals surface area contributed by atoms with Crippen LogP contribution >= 0.6 is 15.9 Å². The first-order valence-electron chi connectivity index (χ1n) is 14.1. The number of rotatable bonds is 19. The van der Waals surface area contributed by atoms with Crippen LogP contribution in [0.25, 0.3) is 10.9 Å². The molecule has 1 N–H and O–H groups in total. The van der Waals surface area contributed by atoms with Crippen LogP contribution in [0.5, 0.6) is 11.6 Å². The number of halogens is 1. The molecule has 0 saturated carbocycles. The van der Waals surface area contributed by atoms with Gasteiger partial charge in [-0.1, -0.05) is 112 Å². The van der Waals surface area contributed by atoms with Crippen molar-refractivity contribution in [2.75, 3.05) is 11.9 Å². The Morgan fingerprint density at radius 2 is 1.50 bits per heavy atom. The summed E-state index contributed by atoms with van der Waals surface area (Å²) in [4.78, 5) is 23.9. The zero-order chi connectivity index (χ0) is 27.0. The molecule has 2 heterocycles. The Balaban J connectivity index is 1.40. The van der Waals surface area contributed by atoms with Gasteiger partial charge in [-0.2, -0.15) is 4.98 Å². The van der Waals surface area contributed by atoms with Gasteiger partial charge in [-0.05, 0) is 24.6 Å². The summed E-state index contributed by atoms with van der Waals surface area (Å²) < 4.78 is 6.75. The number of anilines is 1. The minimum atomic E-state index is -0.503. The van der Waals surface area contributed by atoms with E-state index in [0.29, 0.717) is 17.8 Å². The Bertz CT molecular complexity index is 1140. The molecular formula is C29H40BrN5O3. The summed E-state index contributed by atoms with van der Waals surface area (Å²) >= 11 is 3.50. The van der Waals surface area contributed by atoms with Crippen molar-refractivity contribution in [2.24, 2.45) is 0 Å². The van der Waals surface area contributed by atoms with Crippen molar-refractivity contribution >= 4 is 38.3 Å². The fourth-order valence-electron chi connectivity index (χ4n) is 4.56. The SMILES string of the molecule is CCCCCCCCCCCCCCCCNc1ncnc(Oc2ccc(Br)c3cccnc23)c1[N+](=O)[O-]. The molecule has 0 aliphatic carbocycles. The lowest BCUT2D eigenvalue weighted by atomic mass is 10.0. The minimum Gasteiger partial charge on any atom is -0.431 e. The third-order valence-corrected chi connectivity index (χ3v) is 7.37. The number of nitrogens with zero attached hydrogens (tertiary/aromatic N) is 4. The number of hydrogen-bond donors (Lipinski definition) is 1. The third-order valence-electron chi connectivity index (χ3n) is 6.68. The molecule has 2 aromatic heterocycles. The van der Waals surface area contributed by atoms with E-state index in [1.807, 2.05) is 18.2 Å². The minimum absolute atomic E-state index is 0.109. The standard InChI is InChI=1S/C29H40BrN5O3/c1-2-3-4-5-6-7-8-9-10-11-12-13-14-15-20-32-28-27(35(36)37)29(34-22-33-28)38-25-19-18-24(30)23-17-16-21-31-26(23)25/h16-19,21-22H,2-15,20H2,1H3,(H,32,33,34). The molecule has 0 bridgehead atoms. The molecule has 0 amide bonds. The molecule has 0 unspecified atom stereocenters. The fourth-order valence-corrected chi connectivity index (χ4v) is 5.01. The fraction of sp³-hybridized carbons (Fsp3) is 0.552. The number of pyridine rings is 1. The highest BCUT2D eigenvalue weighted by Crippen LogP contribution is 2.37. The highest BCUT2D eigenvalue weighted by molar-refractivity contribution is 9.10. The second-order valence-electron chi connectivity index (χ2n) is 9.70. The van der Waals surface area contributed by atoms with Gasteiger partial charge in [0.1, 0.15) is 11.8 Å². The van der Waals surface area contributed by atoms with E-state index in [-0.39, 0.29) is 17.4 Å². The summed E-state index contributed by atoms with van der Waals surface area (Å²) in [7, 11) is 0. The maximum atomic E-state index is 11.9. The van der Waals surface area contributed by atoms with Gasteiger partial charge in [0, 0.05) is 22.6 Å². The van der Waals surface area contributed by atoms with Crippen molar-refractivity contribution in [3.8, 4) is 11.6 Å². The molecule has 9 heteroatoms. The van der Waals surface area contributed by atoms with Crippen molar-refractivity contribution in [3.63, 3.8) is 0 Å². The molecule has 0 saturated heterocycles. The highest BCUT2D eigenvalue weighted by atomic mass is 79.9. The van der Waals surface area contributed by atoms with Gasteiger partial charge in [0.15, 0.2) is 5.75 Å². The molecule has 3 rings (SSSR count). The third kappa shape index (κ3) is 9.49. The first-order valence-corrected chi connectivity index (χ1v) is 14.9. The van der Waals surface area contributed by atoms with Crippen LogP contribution in [0, 0.1) is 10.1 Å². The summed E-state index contributed by atoms with van der Waals surface area (Å²) in [6, 6.07) is 7.26. The van der Waals surface area contributed by atoms with Crippen LogP contribution in [0.15, 0.2) is 41.3 Å². The van der Waals surface area contributed by atoms with Crippen molar-refractivity contribution in [3.05, 3.63) is 51.4 Å². The molecule has 0 aliphatic rings. The van der Waals surface area contributed by atoms with Crippen LogP contribution in [-0.4, -0.2) is 26.4 Å². The van der Waals surface area contributed by atoms with Crippen molar-refractivity contribution in [1.82, 2.24) is 15.0 Å². The van der Waals surface area contributed by atoms with Crippen LogP contribution in [0.3, 0.4) is 0 Å². The number of fused-ring (bicyclic) bond motifs is 1. The van der Waals surface area contributed by atoms with E-state index in [1.54, 1.807) is 12.3 Å². The van der Waals surface area contributed by atoms with Gasteiger partial charge < -0.3 is 10.1 Å². The summed E-state index contributed by atoms with van der Waals surface area (Å²) in [6.45, 7) is 2.87. The Labute approximate surface area is 234 Å². The van der Waals surface area contributed by atoms with E-state index in [1.165, 1.54) is 83.4 Å². The van der Waals surface area contributed by atoms with E-state index in [9.17, 15) is 10.1 Å². The molecule has 206 valence electrons. The average Bonchev–Trinajstić information content (AvgIpc) is 2.92. The van der Waals surface area contributed by atoms with Crippen LogP contribution in [0.4, 0.5) is 11.5 Å². The van der Waals surface area contributed by atoms with Crippen LogP contribution in [0.1, 0.15) is 96.8 Å². The molecule has 0 radical (unpaired) electrons. The van der Waals surface area contributed by atoms with Gasteiger partial charge in [0.2, 0.25) is 5.82 Å². The van der Waals surface area contributed by atoms with Gasteiger partial charge >= 0.3 is 11.6 Å². The molecule has 8 nitrogen and oxygen atoms in total. The smallest absolute Gasteiger partial charge is 0.373 e. The van der Waals surface area contributed by atoms with E-state index in [2.05, 4.69) is 43.1 Å². The lowest BCUT2D eigenvalue weighted by Crippen LogP contribution is -2.08. The van der Waals surface area contributed by atoms with Gasteiger partial charge in [0.05, 0.1) is 4.92 Å².